The quantitative estimate of drug-likeness (QED) is 0.792. The van der Waals surface area contributed by atoms with E-state index in [-0.39, 0.29) is 18.8 Å². The van der Waals surface area contributed by atoms with Gasteiger partial charge in [-0.1, -0.05) is 41.4 Å². The number of rotatable bonds is 6. The van der Waals surface area contributed by atoms with E-state index < -0.39 is 18.5 Å². The fourth-order valence-corrected chi connectivity index (χ4v) is 2.35. The number of nitrogens with one attached hydrogen (secondary N) is 1. The van der Waals surface area contributed by atoms with Crippen LogP contribution >= 0.6 is 23.2 Å². The lowest BCUT2D eigenvalue weighted by Crippen LogP contribution is -2.28. The molecule has 0 spiro atoms. The van der Waals surface area contributed by atoms with E-state index in [9.17, 15) is 14.0 Å². The van der Waals surface area contributed by atoms with Crippen LogP contribution in [0.3, 0.4) is 0 Å². The standard InChI is InChI=1S/C17H14Cl2FNO3/c18-13-4-3-12(15(19)8-13)7-17(23)24-10-16(22)21-9-11-1-5-14(20)6-2-11/h1-6,8H,7,9-10H2,(H,21,22). The van der Waals surface area contributed by atoms with Gasteiger partial charge in [-0.15, -0.1) is 0 Å². The van der Waals surface area contributed by atoms with E-state index in [2.05, 4.69) is 5.32 Å². The van der Waals surface area contributed by atoms with E-state index in [1.807, 2.05) is 0 Å². The van der Waals surface area contributed by atoms with Crippen molar-refractivity contribution < 1.29 is 18.7 Å². The Morgan fingerprint density at radius 1 is 1.08 bits per heavy atom. The zero-order chi connectivity index (χ0) is 17.5. The van der Waals surface area contributed by atoms with Crippen LogP contribution in [0.25, 0.3) is 0 Å². The molecule has 0 bridgehead atoms. The van der Waals surface area contributed by atoms with Crippen molar-refractivity contribution in [2.45, 2.75) is 13.0 Å². The van der Waals surface area contributed by atoms with Crippen molar-refractivity contribution in [2.75, 3.05) is 6.61 Å². The van der Waals surface area contributed by atoms with E-state index >= 15 is 0 Å². The van der Waals surface area contributed by atoms with Gasteiger partial charge in [-0.3, -0.25) is 9.59 Å². The number of carbonyl (C=O) groups is 2. The number of esters is 1. The van der Waals surface area contributed by atoms with E-state index in [0.717, 1.165) is 5.56 Å². The Bertz CT molecular complexity index is 735. The molecule has 0 aliphatic rings. The highest BCUT2D eigenvalue weighted by Gasteiger charge is 2.11. The molecule has 2 aromatic rings. The number of ether oxygens (including phenoxy) is 1. The van der Waals surface area contributed by atoms with Crippen LogP contribution in [0, 0.1) is 5.82 Å². The lowest BCUT2D eigenvalue weighted by atomic mass is 10.1. The Morgan fingerprint density at radius 2 is 1.79 bits per heavy atom. The summed E-state index contributed by atoms with van der Waals surface area (Å²) in [5, 5.41) is 3.41. The van der Waals surface area contributed by atoms with E-state index in [1.165, 1.54) is 18.2 Å². The molecule has 0 saturated heterocycles. The van der Waals surface area contributed by atoms with Crippen molar-refractivity contribution in [3.63, 3.8) is 0 Å². The number of hydrogen-bond acceptors (Lipinski definition) is 3. The molecule has 0 radical (unpaired) electrons. The molecule has 2 rings (SSSR count). The minimum atomic E-state index is -0.573. The zero-order valence-corrected chi connectivity index (χ0v) is 14.0. The SMILES string of the molecule is O=C(COC(=O)Cc1ccc(Cl)cc1Cl)NCc1ccc(F)cc1. The Morgan fingerprint density at radius 3 is 2.46 bits per heavy atom. The van der Waals surface area contributed by atoms with Gasteiger partial charge in [0, 0.05) is 16.6 Å². The molecule has 2 aromatic carbocycles. The van der Waals surface area contributed by atoms with E-state index in [4.69, 9.17) is 27.9 Å². The van der Waals surface area contributed by atoms with Crippen LogP contribution in [0.2, 0.25) is 10.0 Å². The third kappa shape index (κ3) is 5.83. The molecule has 0 saturated carbocycles. The van der Waals surface area contributed by atoms with Crippen LogP contribution in [-0.4, -0.2) is 18.5 Å². The number of hydrogen-bond donors (Lipinski definition) is 1. The Hall–Kier alpha value is -2.11. The molecule has 0 aliphatic heterocycles. The fraction of sp³-hybridized carbons (Fsp3) is 0.176. The van der Waals surface area contributed by atoms with Crippen LogP contribution in [0.15, 0.2) is 42.5 Å². The molecule has 1 N–H and O–H groups in total. The highest BCUT2D eigenvalue weighted by atomic mass is 35.5. The molecule has 126 valence electrons. The summed E-state index contributed by atoms with van der Waals surface area (Å²) in [5.41, 5.74) is 1.31. The average Bonchev–Trinajstić information content (AvgIpc) is 2.55. The normalized spacial score (nSPS) is 10.3. The maximum Gasteiger partial charge on any atom is 0.310 e. The molecule has 7 heteroatoms. The Kier molecular flexibility index (Phi) is 6.58. The third-order valence-corrected chi connectivity index (χ3v) is 3.70. The molecular weight excluding hydrogens is 356 g/mol. The molecule has 0 unspecified atom stereocenters. The van der Waals surface area contributed by atoms with Crippen molar-refractivity contribution >= 4 is 35.1 Å². The predicted octanol–water partition coefficient (Wildman–Crippen LogP) is 3.53. The first-order valence-corrected chi connectivity index (χ1v) is 7.80. The first-order valence-electron chi connectivity index (χ1n) is 7.05. The Labute approximate surface area is 148 Å². The average molecular weight is 370 g/mol. The molecule has 0 aliphatic carbocycles. The van der Waals surface area contributed by atoms with Crippen LogP contribution in [-0.2, 0) is 27.3 Å². The molecule has 0 fully saturated rings. The minimum absolute atomic E-state index is 0.0543. The maximum absolute atomic E-state index is 12.8. The highest BCUT2D eigenvalue weighted by molar-refractivity contribution is 6.35. The summed E-state index contributed by atoms with van der Waals surface area (Å²) in [6.45, 7) is -0.176. The van der Waals surface area contributed by atoms with Gasteiger partial charge < -0.3 is 10.1 Å². The van der Waals surface area contributed by atoms with Crippen molar-refractivity contribution in [2.24, 2.45) is 0 Å². The summed E-state index contributed by atoms with van der Waals surface area (Å²) in [5.74, 6) is -1.37. The molecular formula is C17H14Cl2FNO3. The van der Waals surface area contributed by atoms with Gasteiger partial charge in [0.05, 0.1) is 6.42 Å². The van der Waals surface area contributed by atoms with Gasteiger partial charge >= 0.3 is 5.97 Å². The highest BCUT2D eigenvalue weighted by Crippen LogP contribution is 2.21. The first-order chi connectivity index (χ1) is 11.4. The molecule has 0 aromatic heterocycles. The second-order valence-electron chi connectivity index (χ2n) is 4.98. The summed E-state index contributed by atoms with van der Waals surface area (Å²) in [7, 11) is 0. The second kappa shape index (κ2) is 8.66. The number of halogens is 3. The molecule has 0 atom stereocenters. The van der Waals surface area contributed by atoms with Gasteiger partial charge in [-0.2, -0.15) is 0 Å². The lowest BCUT2D eigenvalue weighted by Gasteiger charge is -2.08. The van der Waals surface area contributed by atoms with Crippen LogP contribution in [0.1, 0.15) is 11.1 Å². The third-order valence-electron chi connectivity index (χ3n) is 3.12. The van der Waals surface area contributed by atoms with Gasteiger partial charge in [-0.05, 0) is 35.4 Å². The van der Waals surface area contributed by atoms with Crippen LogP contribution < -0.4 is 5.32 Å². The van der Waals surface area contributed by atoms with Gasteiger partial charge in [0.15, 0.2) is 6.61 Å². The van der Waals surface area contributed by atoms with Crippen LogP contribution in [0.5, 0.6) is 0 Å². The zero-order valence-electron chi connectivity index (χ0n) is 12.5. The summed E-state index contributed by atoms with van der Waals surface area (Å²) < 4.78 is 17.7. The monoisotopic (exact) mass is 369 g/mol. The predicted molar refractivity (Wildman–Crippen MR) is 89.4 cm³/mol. The number of benzene rings is 2. The second-order valence-corrected chi connectivity index (χ2v) is 5.82. The maximum atomic E-state index is 12.8. The minimum Gasteiger partial charge on any atom is -0.455 e. The Balaban J connectivity index is 1.74. The van der Waals surface area contributed by atoms with Crippen molar-refractivity contribution in [1.82, 2.24) is 5.32 Å². The van der Waals surface area contributed by atoms with Crippen molar-refractivity contribution in [3.05, 3.63) is 69.5 Å². The first kappa shape index (κ1) is 18.2. The van der Waals surface area contributed by atoms with Crippen LogP contribution in [0.4, 0.5) is 4.39 Å². The lowest BCUT2D eigenvalue weighted by molar-refractivity contribution is -0.147. The van der Waals surface area contributed by atoms with Gasteiger partial charge in [0.25, 0.3) is 5.91 Å². The molecule has 24 heavy (non-hydrogen) atoms. The van der Waals surface area contributed by atoms with Crippen molar-refractivity contribution in [3.8, 4) is 0 Å². The van der Waals surface area contributed by atoms with E-state index in [0.29, 0.717) is 15.6 Å². The van der Waals surface area contributed by atoms with Gasteiger partial charge in [0.1, 0.15) is 5.82 Å². The topological polar surface area (TPSA) is 55.4 Å². The summed E-state index contributed by atoms with van der Waals surface area (Å²) in [6, 6.07) is 10.5. The summed E-state index contributed by atoms with van der Waals surface area (Å²) >= 11 is 11.7. The number of amides is 1. The largest absolute Gasteiger partial charge is 0.455 e. The number of carbonyl (C=O) groups excluding carboxylic acids is 2. The smallest absolute Gasteiger partial charge is 0.310 e. The summed E-state index contributed by atoms with van der Waals surface area (Å²) in [6.07, 6.45) is -0.0543. The molecule has 0 heterocycles. The van der Waals surface area contributed by atoms with Gasteiger partial charge in [0.2, 0.25) is 0 Å². The van der Waals surface area contributed by atoms with Gasteiger partial charge in [-0.25, -0.2) is 4.39 Å². The molecule has 4 nitrogen and oxygen atoms in total. The van der Waals surface area contributed by atoms with Crippen molar-refractivity contribution in [1.29, 1.82) is 0 Å². The molecule has 1 amide bonds. The fourth-order valence-electron chi connectivity index (χ4n) is 1.87. The summed E-state index contributed by atoms with van der Waals surface area (Å²) in [4.78, 5) is 23.4. The van der Waals surface area contributed by atoms with E-state index in [1.54, 1.807) is 24.3 Å².